The topological polar surface area (TPSA) is 50.4 Å². The highest BCUT2D eigenvalue weighted by atomic mass is 79.9. The highest BCUT2D eigenvalue weighted by molar-refractivity contribution is 9.10. The molecule has 1 heterocycles. The summed E-state index contributed by atoms with van der Waals surface area (Å²) in [5, 5.41) is 15.6. The van der Waals surface area contributed by atoms with Crippen LogP contribution in [0.1, 0.15) is 11.3 Å². The summed E-state index contributed by atoms with van der Waals surface area (Å²) in [6.45, 7) is 1.96. The van der Waals surface area contributed by atoms with Crippen molar-refractivity contribution in [2.75, 3.05) is 0 Å². The van der Waals surface area contributed by atoms with Crippen molar-refractivity contribution in [2.45, 2.75) is 6.92 Å². The molecule has 4 rings (SSSR count). The molecule has 29 heavy (non-hydrogen) atoms. The van der Waals surface area contributed by atoms with Crippen LogP contribution in [0.2, 0.25) is 5.02 Å². The van der Waals surface area contributed by atoms with Gasteiger partial charge in [0.15, 0.2) is 5.82 Å². The summed E-state index contributed by atoms with van der Waals surface area (Å²) in [6.07, 6.45) is 1.65. The molecule has 0 aliphatic heterocycles. The van der Waals surface area contributed by atoms with E-state index in [9.17, 15) is 5.11 Å². The fourth-order valence-corrected chi connectivity index (χ4v) is 3.60. The van der Waals surface area contributed by atoms with Gasteiger partial charge in [-0.1, -0.05) is 57.9 Å². The van der Waals surface area contributed by atoms with Gasteiger partial charge >= 0.3 is 0 Å². The number of halogens is 2. The van der Waals surface area contributed by atoms with Gasteiger partial charge in [-0.25, -0.2) is 9.67 Å². The van der Waals surface area contributed by atoms with E-state index in [1.807, 2.05) is 72.3 Å². The second-order valence-electron chi connectivity index (χ2n) is 6.50. The fourth-order valence-electron chi connectivity index (χ4n) is 3.10. The van der Waals surface area contributed by atoms with Crippen molar-refractivity contribution < 1.29 is 5.11 Å². The number of aliphatic imine (C=N–C) groups is 1. The van der Waals surface area contributed by atoms with Gasteiger partial charge in [-0.2, -0.15) is 5.10 Å². The van der Waals surface area contributed by atoms with Crippen LogP contribution in [-0.2, 0) is 0 Å². The smallest absolute Gasteiger partial charge is 0.163 e. The second-order valence-corrected chi connectivity index (χ2v) is 7.85. The van der Waals surface area contributed by atoms with Crippen LogP contribution in [0.25, 0.3) is 16.8 Å². The Labute approximate surface area is 182 Å². The maximum atomic E-state index is 10.2. The Morgan fingerprint density at radius 1 is 1.03 bits per heavy atom. The molecule has 1 aromatic heterocycles. The van der Waals surface area contributed by atoms with Crippen molar-refractivity contribution in [3.8, 4) is 22.6 Å². The molecule has 0 fully saturated rings. The van der Waals surface area contributed by atoms with Gasteiger partial charge in [0, 0.05) is 26.8 Å². The lowest BCUT2D eigenvalue weighted by molar-refractivity contribution is 0.474. The van der Waals surface area contributed by atoms with Crippen molar-refractivity contribution >= 4 is 39.6 Å². The zero-order valence-electron chi connectivity index (χ0n) is 15.6. The monoisotopic (exact) mass is 465 g/mol. The molecule has 3 aromatic carbocycles. The number of hydrogen-bond donors (Lipinski definition) is 1. The van der Waals surface area contributed by atoms with Crippen LogP contribution in [0.3, 0.4) is 0 Å². The Morgan fingerprint density at radius 2 is 1.76 bits per heavy atom. The summed E-state index contributed by atoms with van der Waals surface area (Å²) in [5.74, 6) is 0.836. The summed E-state index contributed by atoms with van der Waals surface area (Å²) in [4.78, 5) is 4.74. The molecule has 4 aromatic rings. The maximum absolute atomic E-state index is 10.2. The lowest BCUT2D eigenvalue weighted by Crippen LogP contribution is -1.96. The van der Waals surface area contributed by atoms with Crippen molar-refractivity contribution in [1.29, 1.82) is 0 Å². The molecule has 0 atom stereocenters. The van der Waals surface area contributed by atoms with Gasteiger partial charge in [0.25, 0.3) is 0 Å². The van der Waals surface area contributed by atoms with Gasteiger partial charge in [-0.05, 0) is 55.0 Å². The summed E-state index contributed by atoms with van der Waals surface area (Å²) in [6, 6.07) is 22.7. The zero-order valence-corrected chi connectivity index (χ0v) is 17.9. The van der Waals surface area contributed by atoms with Crippen molar-refractivity contribution in [2.24, 2.45) is 4.99 Å². The molecule has 0 radical (unpaired) electrons. The van der Waals surface area contributed by atoms with Gasteiger partial charge in [-0.15, -0.1) is 0 Å². The standard InChI is InChI=1S/C23H17BrClN3O/c1-15-22(16-7-10-19(25)11-8-16)23(28(27-15)20-5-3-2-4-6-20)26-14-17-13-18(24)9-12-21(17)29/h2-14,29H,1H3. The number of aromatic nitrogens is 2. The normalized spacial score (nSPS) is 11.3. The third kappa shape index (κ3) is 4.11. The van der Waals surface area contributed by atoms with E-state index in [1.54, 1.807) is 18.3 Å². The van der Waals surface area contributed by atoms with E-state index < -0.39 is 0 Å². The van der Waals surface area contributed by atoms with Crippen LogP contribution in [0.5, 0.6) is 5.75 Å². The van der Waals surface area contributed by atoms with Crippen molar-refractivity contribution in [1.82, 2.24) is 9.78 Å². The van der Waals surface area contributed by atoms with E-state index in [2.05, 4.69) is 15.9 Å². The first-order valence-electron chi connectivity index (χ1n) is 8.96. The number of aryl methyl sites for hydroxylation is 1. The molecule has 0 unspecified atom stereocenters. The minimum Gasteiger partial charge on any atom is -0.507 e. The minimum atomic E-state index is 0.160. The maximum Gasteiger partial charge on any atom is 0.163 e. The lowest BCUT2D eigenvalue weighted by atomic mass is 10.1. The molecular formula is C23H17BrClN3O. The first-order chi connectivity index (χ1) is 14.0. The quantitative estimate of drug-likeness (QED) is 0.339. The second kappa shape index (κ2) is 8.23. The van der Waals surface area contributed by atoms with E-state index >= 15 is 0 Å². The van der Waals surface area contributed by atoms with Gasteiger partial charge in [0.1, 0.15) is 5.75 Å². The largest absolute Gasteiger partial charge is 0.507 e. The summed E-state index contributed by atoms with van der Waals surface area (Å²) in [7, 11) is 0. The molecule has 0 aliphatic carbocycles. The number of aromatic hydroxyl groups is 1. The number of para-hydroxylation sites is 1. The van der Waals surface area contributed by atoms with Gasteiger partial charge in [0.05, 0.1) is 11.4 Å². The molecule has 0 bridgehead atoms. The molecule has 144 valence electrons. The average molecular weight is 467 g/mol. The first kappa shape index (κ1) is 19.4. The van der Waals surface area contributed by atoms with Gasteiger partial charge < -0.3 is 5.11 Å². The van der Waals surface area contributed by atoms with E-state index in [4.69, 9.17) is 21.7 Å². The third-order valence-electron chi connectivity index (χ3n) is 4.49. The van der Waals surface area contributed by atoms with Crippen LogP contribution in [0.15, 0.2) is 82.3 Å². The highest BCUT2D eigenvalue weighted by Crippen LogP contribution is 2.36. The van der Waals surface area contributed by atoms with Crippen LogP contribution in [0.4, 0.5) is 5.82 Å². The molecule has 6 heteroatoms. The van der Waals surface area contributed by atoms with E-state index in [0.717, 1.165) is 27.0 Å². The van der Waals surface area contributed by atoms with E-state index in [1.165, 1.54) is 0 Å². The highest BCUT2D eigenvalue weighted by Gasteiger charge is 2.17. The van der Waals surface area contributed by atoms with Gasteiger partial charge in [-0.3, -0.25) is 0 Å². The summed E-state index contributed by atoms with van der Waals surface area (Å²) < 4.78 is 2.67. The first-order valence-corrected chi connectivity index (χ1v) is 10.1. The fraction of sp³-hybridized carbons (Fsp3) is 0.0435. The Morgan fingerprint density at radius 3 is 2.48 bits per heavy atom. The molecule has 0 saturated carbocycles. The van der Waals surface area contributed by atoms with Crippen LogP contribution >= 0.6 is 27.5 Å². The van der Waals surface area contributed by atoms with E-state index in [0.29, 0.717) is 16.4 Å². The van der Waals surface area contributed by atoms with Crippen molar-refractivity contribution in [3.05, 3.63) is 93.5 Å². The molecule has 4 nitrogen and oxygen atoms in total. The van der Waals surface area contributed by atoms with E-state index in [-0.39, 0.29) is 5.75 Å². The molecule has 0 aliphatic rings. The van der Waals surface area contributed by atoms with Crippen molar-refractivity contribution in [3.63, 3.8) is 0 Å². The third-order valence-corrected chi connectivity index (χ3v) is 5.23. The number of phenolic OH excluding ortho intramolecular Hbond substituents is 1. The predicted molar refractivity (Wildman–Crippen MR) is 122 cm³/mol. The summed E-state index contributed by atoms with van der Waals surface area (Å²) in [5.41, 5.74) is 4.25. The molecule has 0 spiro atoms. The number of hydrogen-bond acceptors (Lipinski definition) is 3. The SMILES string of the molecule is Cc1nn(-c2ccccc2)c(N=Cc2cc(Br)ccc2O)c1-c1ccc(Cl)cc1. The predicted octanol–water partition coefficient (Wildman–Crippen LogP) is 6.72. The lowest BCUT2D eigenvalue weighted by Gasteiger charge is -2.07. The number of benzene rings is 3. The Bertz CT molecular complexity index is 1180. The Balaban J connectivity index is 1.90. The number of rotatable bonds is 4. The van der Waals surface area contributed by atoms with Gasteiger partial charge in [0.2, 0.25) is 0 Å². The number of phenols is 1. The molecule has 0 amide bonds. The zero-order chi connectivity index (χ0) is 20.4. The molecule has 0 saturated heterocycles. The van der Waals surface area contributed by atoms with Crippen LogP contribution in [-0.4, -0.2) is 21.1 Å². The Kier molecular flexibility index (Phi) is 5.51. The molecular weight excluding hydrogens is 450 g/mol. The minimum absolute atomic E-state index is 0.160. The molecule has 1 N–H and O–H groups in total. The van der Waals surface area contributed by atoms with Crippen LogP contribution < -0.4 is 0 Å². The number of nitrogens with zero attached hydrogens (tertiary/aromatic N) is 3. The van der Waals surface area contributed by atoms with Crippen LogP contribution in [0, 0.1) is 6.92 Å². The summed E-state index contributed by atoms with van der Waals surface area (Å²) >= 11 is 9.50. The Hall–Kier alpha value is -2.89. The average Bonchev–Trinajstić information content (AvgIpc) is 3.06.